The SMILES string of the molecule is O=C(Nc1cc(Cl)ccc1Cl)C1CCCN1Cc1cc(=O)n2ccsc2n1. The van der Waals surface area contributed by atoms with Crippen molar-refractivity contribution in [3.63, 3.8) is 0 Å². The Bertz CT molecular complexity index is 1060. The normalized spacial score (nSPS) is 17.5. The van der Waals surface area contributed by atoms with E-state index in [-0.39, 0.29) is 17.5 Å². The molecule has 0 aliphatic carbocycles. The van der Waals surface area contributed by atoms with E-state index in [9.17, 15) is 9.59 Å². The third-order valence-electron chi connectivity index (χ3n) is 4.57. The largest absolute Gasteiger partial charge is 0.323 e. The zero-order valence-electron chi connectivity index (χ0n) is 14.2. The Hall–Kier alpha value is -1.93. The zero-order chi connectivity index (χ0) is 19.0. The first-order valence-corrected chi connectivity index (χ1v) is 10.1. The summed E-state index contributed by atoms with van der Waals surface area (Å²) in [6.07, 6.45) is 3.35. The number of hydrogen-bond donors (Lipinski definition) is 1. The van der Waals surface area contributed by atoms with Crippen LogP contribution in [0.25, 0.3) is 4.96 Å². The number of nitrogens with zero attached hydrogens (tertiary/aromatic N) is 3. The molecule has 4 rings (SSSR count). The van der Waals surface area contributed by atoms with E-state index in [1.54, 1.807) is 24.4 Å². The van der Waals surface area contributed by atoms with Crippen LogP contribution in [0.3, 0.4) is 0 Å². The zero-order valence-corrected chi connectivity index (χ0v) is 16.5. The number of hydrogen-bond acceptors (Lipinski definition) is 5. The van der Waals surface area contributed by atoms with Gasteiger partial charge in [-0.05, 0) is 37.6 Å². The van der Waals surface area contributed by atoms with Crippen LogP contribution >= 0.6 is 34.5 Å². The second kappa shape index (κ2) is 7.59. The van der Waals surface area contributed by atoms with Crippen molar-refractivity contribution in [2.24, 2.45) is 0 Å². The molecule has 1 saturated heterocycles. The molecule has 0 saturated carbocycles. The third-order valence-corrected chi connectivity index (χ3v) is 5.90. The Balaban J connectivity index is 1.52. The summed E-state index contributed by atoms with van der Waals surface area (Å²) in [5.41, 5.74) is 1.06. The van der Waals surface area contributed by atoms with Crippen molar-refractivity contribution in [1.82, 2.24) is 14.3 Å². The highest BCUT2D eigenvalue weighted by Gasteiger charge is 2.31. The van der Waals surface area contributed by atoms with E-state index < -0.39 is 0 Å². The summed E-state index contributed by atoms with van der Waals surface area (Å²) in [5, 5.41) is 5.64. The fraction of sp³-hybridized carbons (Fsp3) is 0.278. The van der Waals surface area contributed by atoms with Crippen molar-refractivity contribution in [2.45, 2.75) is 25.4 Å². The smallest absolute Gasteiger partial charge is 0.258 e. The second-order valence-corrected chi connectivity index (χ2v) is 8.10. The molecule has 27 heavy (non-hydrogen) atoms. The summed E-state index contributed by atoms with van der Waals surface area (Å²) in [6.45, 7) is 1.22. The number of carbonyl (C=O) groups excluding carboxylic acids is 1. The molecule has 3 aromatic rings. The fourth-order valence-corrected chi connectivity index (χ4v) is 4.37. The van der Waals surface area contributed by atoms with Crippen molar-refractivity contribution < 1.29 is 4.79 Å². The molecule has 6 nitrogen and oxygen atoms in total. The number of anilines is 1. The van der Waals surface area contributed by atoms with Crippen molar-refractivity contribution in [3.05, 3.63) is 61.9 Å². The predicted octanol–water partition coefficient (Wildman–Crippen LogP) is 3.67. The van der Waals surface area contributed by atoms with Crippen LogP contribution < -0.4 is 10.9 Å². The van der Waals surface area contributed by atoms with Crippen LogP contribution in [0.1, 0.15) is 18.5 Å². The standard InChI is InChI=1S/C18H16Cl2N4O2S/c19-11-3-4-13(20)14(8-11)22-17(26)15-2-1-5-23(15)10-12-9-16(25)24-6-7-27-18(24)21-12/h3-4,6-9,15H,1-2,5,10H2,(H,22,26). The molecule has 1 aliphatic rings. The minimum Gasteiger partial charge on any atom is -0.323 e. The van der Waals surface area contributed by atoms with Crippen LogP contribution in [0.15, 0.2) is 40.6 Å². The van der Waals surface area contributed by atoms with Gasteiger partial charge in [-0.1, -0.05) is 23.2 Å². The van der Waals surface area contributed by atoms with Crippen molar-refractivity contribution in [3.8, 4) is 0 Å². The van der Waals surface area contributed by atoms with E-state index in [0.29, 0.717) is 32.9 Å². The topological polar surface area (TPSA) is 66.7 Å². The summed E-state index contributed by atoms with van der Waals surface area (Å²) in [6, 6.07) is 6.18. The summed E-state index contributed by atoms with van der Waals surface area (Å²) >= 11 is 13.5. The lowest BCUT2D eigenvalue weighted by molar-refractivity contribution is -0.120. The van der Waals surface area contributed by atoms with Gasteiger partial charge >= 0.3 is 0 Å². The summed E-state index contributed by atoms with van der Waals surface area (Å²) < 4.78 is 1.52. The lowest BCUT2D eigenvalue weighted by Gasteiger charge is -2.23. The number of carbonyl (C=O) groups is 1. The van der Waals surface area contributed by atoms with E-state index in [1.165, 1.54) is 21.8 Å². The molecule has 0 bridgehead atoms. The first-order valence-electron chi connectivity index (χ1n) is 8.47. The Morgan fingerprint density at radius 3 is 3.04 bits per heavy atom. The highest BCUT2D eigenvalue weighted by molar-refractivity contribution is 7.15. The van der Waals surface area contributed by atoms with Crippen LogP contribution in [0.5, 0.6) is 0 Å². The van der Waals surface area contributed by atoms with Gasteiger partial charge in [-0.2, -0.15) is 0 Å². The Morgan fingerprint density at radius 2 is 2.19 bits per heavy atom. The predicted molar refractivity (Wildman–Crippen MR) is 108 cm³/mol. The molecule has 1 aliphatic heterocycles. The molecule has 0 spiro atoms. The number of likely N-dealkylation sites (tertiary alicyclic amines) is 1. The molecular weight excluding hydrogens is 407 g/mol. The minimum absolute atomic E-state index is 0.109. The van der Waals surface area contributed by atoms with Gasteiger partial charge in [0, 0.05) is 29.2 Å². The van der Waals surface area contributed by atoms with Crippen LogP contribution in [0.2, 0.25) is 10.0 Å². The molecule has 9 heteroatoms. The lowest BCUT2D eigenvalue weighted by Crippen LogP contribution is -2.39. The maximum atomic E-state index is 12.8. The molecule has 1 fully saturated rings. The molecule has 140 valence electrons. The van der Waals surface area contributed by atoms with Gasteiger partial charge in [-0.25, -0.2) is 4.98 Å². The van der Waals surface area contributed by atoms with Gasteiger partial charge in [0.25, 0.3) is 5.56 Å². The van der Waals surface area contributed by atoms with E-state index in [4.69, 9.17) is 23.2 Å². The first-order chi connectivity index (χ1) is 13.0. The number of thiazole rings is 1. The molecule has 3 heterocycles. The number of aromatic nitrogens is 2. The molecule has 1 atom stereocenters. The van der Waals surface area contributed by atoms with Crippen molar-refractivity contribution in [2.75, 3.05) is 11.9 Å². The lowest BCUT2D eigenvalue weighted by atomic mass is 10.2. The van der Waals surface area contributed by atoms with Crippen LogP contribution in [0, 0.1) is 0 Å². The summed E-state index contributed by atoms with van der Waals surface area (Å²) in [4.78, 5) is 32.2. The number of fused-ring (bicyclic) bond motifs is 1. The van der Waals surface area contributed by atoms with E-state index in [0.717, 1.165) is 19.4 Å². The minimum atomic E-state index is -0.302. The second-order valence-electron chi connectivity index (χ2n) is 6.38. The highest BCUT2D eigenvalue weighted by atomic mass is 35.5. The van der Waals surface area contributed by atoms with E-state index >= 15 is 0 Å². The number of halogens is 2. The Kier molecular flexibility index (Phi) is 5.19. The Labute approximate surface area is 169 Å². The Morgan fingerprint density at radius 1 is 1.33 bits per heavy atom. The fourth-order valence-electron chi connectivity index (χ4n) is 3.30. The maximum Gasteiger partial charge on any atom is 0.258 e. The average Bonchev–Trinajstić information content (AvgIpc) is 3.27. The molecule has 1 N–H and O–H groups in total. The maximum absolute atomic E-state index is 12.8. The molecule has 1 aromatic carbocycles. The summed E-state index contributed by atoms with van der Waals surface area (Å²) in [5.74, 6) is -0.134. The molecule has 1 unspecified atom stereocenters. The summed E-state index contributed by atoms with van der Waals surface area (Å²) in [7, 11) is 0. The van der Waals surface area contributed by atoms with Gasteiger partial charge in [0.2, 0.25) is 5.91 Å². The van der Waals surface area contributed by atoms with Crippen LogP contribution in [-0.2, 0) is 11.3 Å². The average molecular weight is 423 g/mol. The quantitative estimate of drug-likeness (QED) is 0.696. The van der Waals surface area contributed by atoms with E-state index in [1.807, 2.05) is 10.3 Å². The van der Waals surface area contributed by atoms with Gasteiger partial charge in [-0.3, -0.25) is 18.9 Å². The van der Waals surface area contributed by atoms with Gasteiger partial charge in [0.1, 0.15) is 0 Å². The van der Waals surface area contributed by atoms with Crippen molar-refractivity contribution in [1.29, 1.82) is 0 Å². The molecule has 0 radical (unpaired) electrons. The number of rotatable bonds is 4. The van der Waals surface area contributed by atoms with Gasteiger partial charge < -0.3 is 5.32 Å². The molecule has 1 amide bonds. The van der Waals surface area contributed by atoms with Crippen LogP contribution in [0.4, 0.5) is 5.69 Å². The van der Waals surface area contributed by atoms with Gasteiger partial charge in [0.15, 0.2) is 4.96 Å². The monoisotopic (exact) mass is 422 g/mol. The number of nitrogens with one attached hydrogen (secondary N) is 1. The van der Waals surface area contributed by atoms with Gasteiger partial charge in [-0.15, -0.1) is 11.3 Å². The van der Waals surface area contributed by atoms with Gasteiger partial charge in [0.05, 0.1) is 22.4 Å². The number of amides is 1. The molecule has 2 aromatic heterocycles. The third kappa shape index (κ3) is 3.87. The highest BCUT2D eigenvalue weighted by Crippen LogP contribution is 2.27. The molecular formula is C18H16Cl2N4O2S. The van der Waals surface area contributed by atoms with E-state index in [2.05, 4.69) is 10.3 Å². The van der Waals surface area contributed by atoms with Crippen LogP contribution in [-0.4, -0.2) is 32.8 Å². The first kappa shape index (κ1) is 18.4. The van der Waals surface area contributed by atoms with Crippen molar-refractivity contribution >= 4 is 51.1 Å². The number of benzene rings is 1.